The fourth-order valence-corrected chi connectivity index (χ4v) is 2.26. The van der Waals surface area contributed by atoms with Gasteiger partial charge in [-0.25, -0.2) is 4.79 Å². The molecule has 0 saturated carbocycles. The third-order valence-corrected chi connectivity index (χ3v) is 3.60. The number of hydrogen-bond acceptors (Lipinski definition) is 2. The Bertz CT molecular complexity index is 605. The number of nitrogens with one attached hydrogen (secondary N) is 1. The van der Waals surface area contributed by atoms with E-state index in [9.17, 15) is 4.79 Å². The predicted octanol–water partition coefficient (Wildman–Crippen LogP) is 3.59. The van der Waals surface area contributed by atoms with Gasteiger partial charge in [-0.05, 0) is 36.1 Å². The summed E-state index contributed by atoms with van der Waals surface area (Å²) in [5.41, 5.74) is 3.91. The molecule has 0 fully saturated rings. The topological polar surface area (TPSA) is 49.3 Å². The highest BCUT2D eigenvalue weighted by atomic mass is 16.4. The SMILES string of the molecule is Cc1ccc(C(C)CNCc2cccc(C(=O)O)c2)cc1. The van der Waals surface area contributed by atoms with Crippen molar-refractivity contribution < 1.29 is 9.90 Å². The van der Waals surface area contributed by atoms with Gasteiger partial charge < -0.3 is 10.4 Å². The summed E-state index contributed by atoms with van der Waals surface area (Å²) < 4.78 is 0. The fraction of sp³-hybridized carbons (Fsp3) is 0.278. The van der Waals surface area contributed by atoms with Crippen LogP contribution in [0.25, 0.3) is 0 Å². The molecule has 1 atom stereocenters. The number of carbonyl (C=O) groups is 1. The molecule has 1 unspecified atom stereocenters. The fourth-order valence-electron chi connectivity index (χ4n) is 2.26. The zero-order valence-corrected chi connectivity index (χ0v) is 12.5. The van der Waals surface area contributed by atoms with Crippen molar-refractivity contribution in [2.24, 2.45) is 0 Å². The first-order valence-corrected chi connectivity index (χ1v) is 7.16. The Balaban J connectivity index is 1.87. The standard InChI is InChI=1S/C18H21NO2/c1-13-6-8-16(9-7-13)14(2)11-19-12-15-4-3-5-17(10-15)18(20)21/h3-10,14,19H,11-12H2,1-2H3,(H,20,21). The van der Waals surface area contributed by atoms with E-state index in [0.29, 0.717) is 18.0 Å². The van der Waals surface area contributed by atoms with Crippen LogP contribution in [0, 0.1) is 6.92 Å². The van der Waals surface area contributed by atoms with E-state index >= 15 is 0 Å². The Labute approximate surface area is 125 Å². The molecule has 0 aromatic heterocycles. The van der Waals surface area contributed by atoms with Crippen molar-refractivity contribution in [3.05, 3.63) is 70.8 Å². The highest BCUT2D eigenvalue weighted by molar-refractivity contribution is 5.87. The quantitative estimate of drug-likeness (QED) is 0.852. The highest BCUT2D eigenvalue weighted by Crippen LogP contribution is 2.15. The van der Waals surface area contributed by atoms with Crippen LogP contribution in [0.3, 0.4) is 0 Å². The summed E-state index contributed by atoms with van der Waals surface area (Å²) in [7, 11) is 0. The molecule has 3 nitrogen and oxygen atoms in total. The molecule has 0 saturated heterocycles. The van der Waals surface area contributed by atoms with Crippen LogP contribution < -0.4 is 5.32 Å². The monoisotopic (exact) mass is 283 g/mol. The molecule has 2 aromatic carbocycles. The molecule has 2 rings (SSSR count). The molecule has 0 bridgehead atoms. The van der Waals surface area contributed by atoms with Crippen molar-refractivity contribution in [2.45, 2.75) is 26.3 Å². The van der Waals surface area contributed by atoms with Crippen LogP contribution in [0.2, 0.25) is 0 Å². The van der Waals surface area contributed by atoms with Crippen molar-refractivity contribution >= 4 is 5.97 Å². The molecule has 2 N–H and O–H groups in total. The van der Waals surface area contributed by atoms with Crippen molar-refractivity contribution in [1.29, 1.82) is 0 Å². The Morgan fingerprint density at radius 3 is 2.57 bits per heavy atom. The van der Waals surface area contributed by atoms with Crippen LogP contribution in [0.1, 0.15) is 39.9 Å². The average Bonchev–Trinajstić information content (AvgIpc) is 2.48. The Hall–Kier alpha value is -2.13. The van der Waals surface area contributed by atoms with Crippen LogP contribution in [0.15, 0.2) is 48.5 Å². The Morgan fingerprint density at radius 1 is 1.19 bits per heavy atom. The molecule has 0 aliphatic rings. The molecule has 2 aromatic rings. The van der Waals surface area contributed by atoms with E-state index in [4.69, 9.17) is 5.11 Å². The first kappa shape index (κ1) is 15.3. The summed E-state index contributed by atoms with van der Waals surface area (Å²) in [6, 6.07) is 15.6. The maximum atomic E-state index is 10.9. The second kappa shape index (κ2) is 7.04. The number of carboxylic acid groups (broad SMARTS) is 1. The largest absolute Gasteiger partial charge is 0.478 e. The van der Waals surface area contributed by atoms with Gasteiger partial charge in [0.1, 0.15) is 0 Å². The molecule has 0 radical (unpaired) electrons. The van der Waals surface area contributed by atoms with Crippen molar-refractivity contribution in [2.75, 3.05) is 6.54 Å². The van der Waals surface area contributed by atoms with Crippen molar-refractivity contribution in [3.63, 3.8) is 0 Å². The minimum absolute atomic E-state index is 0.334. The van der Waals surface area contributed by atoms with Crippen LogP contribution in [-0.2, 0) is 6.54 Å². The smallest absolute Gasteiger partial charge is 0.335 e. The lowest BCUT2D eigenvalue weighted by atomic mass is 10.00. The third-order valence-electron chi connectivity index (χ3n) is 3.60. The minimum atomic E-state index is -0.884. The first-order chi connectivity index (χ1) is 10.1. The lowest BCUT2D eigenvalue weighted by molar-refractivity contribution is 0.0696. The predicted molar refractivity (Wildman–Crippen MR) is 84.7 cm³/mol. The molecule has 0 aliphatic carbocycles. The maximum Gasteiger partial charge on any atom is 0.335 e. The van der Waals surface area contributed by atoms with Gasteiger partial charge >= 0.3 is 5.97 Å². The Morgan fingerprint density at radius 2 is 1.90 bits per heavy atom. The van der Waals surface area contributed by atoms with Gasteiger partial charge in [0.05, 0.1) is 5.56 Å². The summed E-state index contributed by atoms with van der Waals surface area (Å²) in [5.74, 6) is -0.460. The van der Waals surface area contributed by atoms with Crippen molar-refractivity contribution in [1.82, 2.24) is 5.32 Å². The number of carboxylic acids is 1. The van der Waals surface area contributed by atoms with Crippen LogP contribution in [0.5, 0.6) is 0 Å². The van der Waals surface area contributed by atoms with Crippen LogP contribution in [-0.4, -0.2) is 17.6 Å². The first-order valence-electron chi connectivity index (χ1n) is 7.16. The van der Waals surface area contributed by atoms with E-state index in [1.807, 2.05) is 6.07 Å². The summed E-state index contributed by atoms with van der Waals surface area (Å²) in [6.45, 7) is 5.81. The van der Waals surface area contributed by atoms with Gasteiger partial charge in [0, 0.05) is 13.1 Å². The van der Waals surface area contributed by atoms with Gasteiger partial charge in [-0.15, -0.1) is 0 Å². The number of hydrogen-bond donors (Lipinski definition) is 2. The number of aromatic carboxylic acids is 1. The van der Waals surface area contributed by atoms with E-state index in [-0.39, 0.29) is 0 Å². The molecule has 0 heterocycles. The van der Waals surface area contributed by atoms with Crippen LogP contribution in [0.4, 0.5) is 0 Å². The van der Waals surface area contributed by atoms with E-state index in [0.717, 1.165) is 12.1 Å². The lowest BCUT2D eigenvalue weighted by Gasteiger charge is -2.13. The van der Waals surface area contributed by atoms with E-state index in [1.54, 1.807) is 18.2 Å². The molecule has 0 aliphatic heterocycles. The number of aryl methyl sites for hydroxylation is 1. The van der Waals surface area contributed by atoms with E-state index in [2.05, 4.69) is 43.4 Å². The van der Waals surface area contributed by atoms with Gasteiger partial charge in [0.2, 0.25) is 0 Å². The summed E-state index contributed by atoms with van der Waals surface area (Å²) in [6.07, 6.45) is 0. The summed E-state index contributed by atoms with van der Waals surface area (Å²) in [5, 5.41) is 12.4. The normalized spacial score (nSPS) is 12.1. The Kier molecular flexibility index (Phi) is 5.12. The van der Waals surface area contributed by atoms with Gasteiger partial charge in [-0.3, -0.25) is 0 Å². The van der Waals surface area contributed by atoms with Gasteiger partial charge in [0.15, 0.2) is 0 Å². The molecular weight excluding hydrogens is 262 g/mol. The lowest BCUT2D eigenvalue weighted by Crippen LogP contribution is -2.19. The molecular formula is C18H21NO2. The molecule has 110 valence electrons. The second-order valence-electron chi connectivity index (χ2n) is 5.45. The van der Waals surface area contributed by atoms with Gasteiger partial charge in [-0.1, -0.05) is 48.9 Å². The zero-order chi connectivity index (χ0) is 15.2. The minimum Gasteiger partial charge on any atom is -0.478 e. The number of benzene rings is 2. The van der Waals surface area contributed by atoms with Gasteiger partial charge in [0.25, 0.3) is 0 Å². The zero-order valence-electron chi connectivity index (χ0n) is 12.5. The van der Waals surface area contributed by atoms with E-state index in [1.165, 1.54) is 11.1 Å². The number of rotatable bonds is 6. The van der Waals surface area contributed by atoms with Gasteiger partial charge in [-0.2, -0.15) is 0 Å². The molecule has 21 heavy (non-hydrogen) atoms. The molecule has 0 spiro atoms. The van der Waals surface area contributed by atoms with Crippen molar-refractivity contribution in [3.8, 4) is 0 Å². The molecule has 3 heteroatoms. The van der Waals surface area contributed by atoms with Crippen LogP contribution >= 0.6 is 0 Å². The highest BCUT2D eigenvalue weighted by Gasteiger charge is 2.06. The summed E-state index contributed by atoms with van der Waals surface area (Å²) in [4.78, 5) is 10.9. The third kappa shape index (κ3) is 4.43. The van der Waals surface area contributed by atoms with E-state index < -0.39 is 5.97 Å². The summed E-state index contributed by atoms with van der Waals surface area (Å²) >= 11 is 0. The maximum absolute atomic E-state index is 10.9. The second-order valence-corrected chi connectivity index (χ2v) is 5.45. The molecule has 0 amide bonds. The average molecular weight is 283 g/mol.